The average Bonchev–Trinajstić information content (AvgIpc) is 2.33. The number of halogens is 1. The predicted octanol–water partition coefficient (Wildman–Crippen LogP) is 2.69. The van der Waals surface area contributed by atoms with Crippen molar-refractivity contribution in [1.82, 2.24) is 5.32 Å². The van der Waals surface area contributed by atoms with E-state index in [0.717, 1.165) is 5.56 Å². The van der Waals surface area contributed by atoms with Crippen LogP contribution < -0.4 is 5.32 Å². The molecule has 1 aromatic carbocycles. The van der Waals surface area contributed by atoms with Gasteiger partial charge >= 0.3 is 5.97 Å². The summed E-state index contributed by atoms with van der Waals surface area (Å²) in [5.41, 5.74) is 1.47. The Labute approximate surface area is 125 Å². The van der Waals surface area contributed by atoms with Gasteiger partial charge in [-0.1, -0.05) is 6.07 Å². The Morgan fingerprint density at radius 2 is 2.16 bits per heavy atom. The van der Waals surface area contributed by atoms with Gasteiger partial charge in [-0.15, -0.1) is 0 Å². The van der Waals surface area contributed by atoms with Gasteiger partial charge in [0.1, 0.15) is 6.04 Å². The highest BCUT2D eigenvalue weighted by Crippen LogP contribution is 2.18. The van der Waals surface area contributed by atoms with Crippen molar-refractivity contribution in [2.24, 2.45) is 0 Å². The van der Waals surface area contributed by atoms with Crippen molar-refractivity contribution in [2.45, 2.75) is 19.4 Å². The van der Waals surface area contributed by atoms with E-state index in [2.05, 4.69) is 21.2 Å². The lowest BCUT2D eigenvalue weighted by Gasteiger charge is -2.14. The van der Waals surface area contributed by atoms with Gasteiger partial charge in [0.2, 0.25) is 0 Å². The summed E-state index contributed by atoms with van der Waals surface area (Å²) in [5.74, 6) is -0.697. The van der Waals surface area contributed by atoms with Crippen LogP contribution in [0.4, 0.5) is 0 Å². The second-order valence-corrected chi connectivity index (χ2v) is 5.97. The zero-order chi connectivity index (χ0) is 14.4. The summed E-state index contributed by atoms with van der Waals surface area (Å²) in [5, 5.41) is 11.6. The molecule has 0 aliphatic carbocycles. The van der Waals surface area contributed by atoms with Gasteiger partial charge in [0, 0.05) is 4.47 Å². The number of thioether (sulfide) groups is 1. The minimum Gasteiger partial charge on any atom is -0.480 e. The number of aryl methyl sites for hydroxylation is 1. The Balaban J connectivity index is 2.78. The molecule has 0 heterocycles. The van der Waals surface area contributed by atoms with Crippen LogP contribution in [0.15, 0.2) is 22.7 Å². The molecule has 1 unspecified atom stereocenters. The van der Waals surface area contributed by atoms with Crippen LogP contribution in [-0.4, -0.2) is 35.0 Å². The van der Waals surface area contributed by atoms with Crippen molar-refractivity contribution in [3.8, 4) is 0 Å². The molecule has 1 aromatic rings. The molecule has 0 bridgehead atoms. The van der Waals surface area contributed by atoms with E-state index >= 15 is 0 Å². The molecular weight excluding hydrogens is 330 g/mol. The molecule has 1 atom stereocenters. The van der Waals surface area contributed by atoms with Gasteiger partial charge in [0.25, 0.3) is 5.91 Å². The van der Waals surface area contributed by atoms with Crippen LogP contribution >= 0.6 is 27.7 Å². The summed E-state index contributed by atoms with van der Waals surface area (Å²) in [4.78, 5) is 23.1. The van der Waals surface area contributed by atoms with E-state index in [1.165, 1.54) is 0 Å². The molecule has 1 rings (SSSR count). The number of nitrogens with one attached hydrogen (secondary N) is 1. The first kappa shape index (κ1) is 16.0. The molecule has 0 aliphatic heterocycles. The number of amides is 1. The molecule has 104 valence electrons. The van der Waals surface area contributed by atoms with Crippen LogP contribution in [0, 0.1) is 6.92 Å². The van der Waals surface area contributed by atoms with Gasteiger partial charge in [-0.25, -0.2) is 4.79 Å². The monoisotopic (exact) mass is 345 g/mol. The Bertz CT molecular complexity index is 479. The number of hydrogen-bond acceptors (Lipinski definition) is 3. The Morgan fingerprint density at radius 1 is 1.47 bits per heavy atom. The third kappa shape index (κ3) is 4.87. The van der Waals surface area contributed by atoms with Crippen molar-refractivity contribution >= 4 is 39.6 Å². The van der Waals surface area contributed by atoms with Gasteiger partial charge in [0.15, 0.2) is 0 Å². The van der Waals surface area contributed by atoms with E-state index < -0.39 is 12.0 Å². The van der Waals surface area contributed by atoms with Crippen LogP contribution in [-0.2, 0) is 4.79 Å². The maximum absolute atomic E-state index is 12.0. The molecule has 6 heteroatoms. The van der Waals surface area contributed by atoms with Gasteiger partial charge in [-0.2, -0.15) is 11.8 Å². The predicted molar refractivity (Wildman–Crippen MR) is 80.8 cm³/mol. The highest BCUT2D eigenvalue weighted by Gasteiger charge is 2.21. The van der Waals surface area contributed by atoms with E-state index in [0.29, 0.717) is 22.2 Å². The van der Waals surface area contributed by atoms with Crippen LogP contribution in [0.1, 0.15) is 22.3 Å². The number of rotatable bonds is 6. The third-order valence-electron chi connectivity index (χ3n) is 2.58. The standard InChI is InChI=1S/C13H16BrNO3S/c1-8-3-4-9(10(14)7-8)12(16)15-11(13(17)18)5-6-19-2/h3-4,7,11H,5-6H2,1-2H3,(H,15,16)(H,17,18). The number of carbonyl (C=O) groups is 2. The van der Waals surface area contributed by atoms with Crippen molar-refractivity contribution in [3.05, 3.63) is 33.8 Å². The summed E-state index contributed by atoms with van der Waals surface area (Å²) in [6, 6.07) is 4.47. The van der Waals surface area contributed by atoms with Crippen molar-refractivity contribution in [2.75, 3.05) is 12.0 Å². The average molecular weight is 346 g/mol. The van der Waals surface area contributed by atoms with Crippen molar-refractivity contribution < 1.29 is 14.7 Å². The van der Waals surface area contributed by atoms with Gasteiger partial charge in [-0.05, 0) is 59.0 Å². The van der Waals surface area contributed by atoms with Crippen LogP contribution in [0.2, 0.25) is 0 Å². The van der Waals surface area contributed by atoms with Crippen LogP contribution in [0.25, 0.3) is 0 Å². The van der Waals surface area contributed by atoms with Crippen molar-refractivity contribution in [3.63, 3.8) is 0 Å². The van der Waals surface area contributed by atoms with E-state index in [1.807, 2.05) is 25.3 Å². The summed E-state index contributed by atoms with van der Waals surface area (Å²) in [6.45, 7) is 1.92. The smallest absolute Gasteiger partial charge is 0.326 e. The van der Waals surface area contributed by atoms with E-state index in [-0.39, 0.29) is 5.91 Å². The number of carboxylic acids is 1. The fraction of sp³-hybridized carbons (Fsp3) is 0.385. The van der Waals surface area contributed by atoms with Crippen molar-refractivity contribution in [1.29, 1.82) is 0 Å². The molecular formula is C13H16BrNO3S. The maximum Gasteiger partial charge on any atom is 0.326 e. The lowest BCUT2D eigenvalue weighted by atomic mass is 10.1. The molecule has 2 N–H and O–H groups in total. The van der Waals surface area contributed by atoms with Crippen LogP contribution in [0.3, 0.4) is 0 Å². The Kier molecular flexibility index (Phi) is 6.37. The second kappa shape index (κ2) is 7.55. The summed E-state index contributed by atoms with van der Waals surface area (Å²) < 4.78 is 0.666. The fourth-order valence-electron chi connectivity index (χ4n) is 1.53. The first-order valence-electron chi connectivity index (χ1n) is 5.74. The maximum atomic E-state index is 12.0. The second-order valence-electron chi connectivity index (χ2n) is 4.13. The van der Waals surface area contributed by atoms with Gasteiger partial charge in [-0.3, -0.25) is 4.79 Å². The third-order valence-corrected chi connectivity index (χ3v) is 3.88. The van der Waals surface area contributed by atoms with Gasteiger partial charge in [0.05, 0.1) is 5.56 Å². The lowest BCUT2D eigenvalue weighted by molar-refractivity contribution is -0.139. The zero-order valence-corrected chi connectivity index (χ0v) is 13.2. The van der Waals surface area contributed by atoms with E-state index in [9.17, 15) is 9.59 Å². The first-order chi connectivity index (χ1) is 8.95. The molecule has 19 heavy (non-hydrogen) atoms. The molecule has 1 amide bonds. The summed E-state index contributed by atoms with van der Waals surface area (Å²) in [7, 11) is 0. The zero-order valence-electron chi connectivity index (χ0n) is 10.8. The number of carbonyl (C=O) groups excluding carboxylic acids is 1. The number of carboxylic acid groups (broad SMARTS) is 1. The van der Waals surface area contributed by atoms with Crippen LogP contribution in [0.5, 0.6) is 0 Å². The SMILES string of the molecule is CSCCC(NC(=O)c1ccc(C)cc1Br)C(=O)O. The molecule has 0 radical (unpaired) electrons. The lowest BCUT2D eigenvalue weighted by Crippen LogP contribution is -2.41. The molecule has 4 nitrogen and oxygen atoms in total. The molecule has 0 aliphatic rings. The van der Waals surface area contributed by atoms with E-state index in [4.69, 9.17) is 5.11 Å². The highest BCUT2D eigenvalue weighted by molar-refractivity contribution is 9.10. The number of hydrogen-bond donors (Lipinski definition) is 2. The normalized spacial score (nSPS) is 11.9. The van der Waals surface area contributed by atoms with E-state index in [1.54, 1.807) is 17.8 Å². The summed E-state index contributed by atoms with van der Waals surface area (Å²) in [6.07, 6.45) is 2.31. The highest BCUT2D eigenvalue weighted by atomic mass is 79.9. The number of aliphatic carboxylic acids is 1. The quantitative estimate of drug-likeness (QED) is 0.831. The minimum absolute atomic E-state index is 0.375. The molecule has 0 fully saturated rings. The van der Waals surface area contributed by atoms with Gasteiger partial charge < -0.3 is 10.4 Å². The first-order valence-corrected chi connectivity index (χ1v) is 7.93. The molecule has 0 aromatic heterocycles. The molecule has 0 saturated heterocycles. The Hall–Kier alpha value is -1.01. The largest absolute Gasteiger partial charge is 0.480 e. The molecule has 0 saturated carbocycles. The summed E-state index contributed by atoms with van der Waals surface area (Å²) >= 11 is 4.87. The Morgan fingerprint density at radius 3 is 2.68 bits per heavy atom. The molecule has 0 spiro atoms. The topological polar surface area (TPSA) is 66.4 Å². The number of benzene rings is 1. The minimum atomic E-state index is -1.01. The fourth-order valence-corrected chi connectivity index (χ4v) is 2.68.